The van der Waals surface area contributed by atoms with Crippen molar-refractivity contribution in [3.63, 3.8) is 0 Å². The van der Waals surface area contributed by atoms with Crippen molar-refractivity contribution in [1.82, 2.24) is 20.1 Å². The zero-order valence-corrected chi connectivity index (χ0v) is 14.4. The lowest BCUT2D eigenvalue weighted by Gasteiger charge is -2.39. The third-order valence-corrected chi connectivity index (χ3v) is 4.78. The summed E-state index contributed by atoms with van der Waals surface area (Å²) in [5, 5.41) is 20.1. The molecule has 0 saturated carbocycles. The van der Waals surface area contributed by atoms with Crippen molar-refractivity contribution in [2.24, 2.45) is 0 Å². The molecule has 1 amide bonds. The van der Waals surface area contributed by atoms with Crippen LogP contribution in [0, 0.1) is 0 Å². The standard InChI is InChI=1S/C19H19N5O2/c1-13-12-23(19(25)26)9-10-24(13)18-16-11-20-8-7-15(16)17(21-22-18)14-5-3-2-4-6-14/h2-8,11,13H,9-10,12H2,1H3,(H,25,26). The van der Waals surface area contributed by atoms with Gasteiger partial charge in [-0.2, -0.15) is 0 Å². The van der Waals surface area contributed by atoms with Crippen LogP contribution in [0.1, 0.15) is 6.92 Å². The van der Waals surface area contributed by atoms with E-state index < -0.39 is 6.09 Å². The Hall–Kier alpha value is -3.22. The number of anilines is 1. The molecule has 26 heavy (non-hydrogen) atoms. The van der Waals surface area contributed by atoms with Gasteiger partial charge in [-0.3, -0.25) is 4.98 Å². The summed E-state index contributed by atoms with van der Waals surface area (Å²) in [4.78, 5) is 19.1. The first-order valence-corrected chi connectivity index (χ1v) is 8.55. The lowest BCUT2D eigenvalue weighted by molar-refractivity contribution is 0.136. The summed E-state index contributed by atoms with van der Waals surface area (Å²) in [5.74, 6) is 0.755. The van der Waals surface area contributed by atoms with E-state index in [0.717, 1.165) is 27.8 Å². The van der Waals surface area contributed by atoms with E-state index in [9.17, 15) is 9.90 Å². The summed E-state index contributed by atoms with van der Waals surface area (Å²) in [6, 6.07) is 11.9. The Morgan fingerprint density at radius 3 is 2.65 bits per heavy atom. The van der Waals surface area contributed by atoms with E-state index >= 15 is 0 Å². The maximum Gasteiger partial charge on any atom is 0.407 e. The Kier molecular flexibility index (Phi) is 4.12. The zero-order chi connectivity index (χ0) is 18.1. The predicted molar refractivity (Wildman–Crippen MR) is 99.2 cm³/mol. The van der Waals surface area contributed by atoms with Crippen molar-refractivity contribution < 1.29 is 9.90 Å². The average Bonchev–Trinajstić information content (AvgIpc) is 2.68. The number of benzene rings is 1. The minimum absolute atomic E-state index is 0.0140. The molecule has 3 heterocycles. The average molecular weight is 349 g/mol. The summed E-state index contributed by atoms with van der Waals surface area (Å²) >= 11 is 0. The highest BCUT2D eigenvalue weighted by atomic mass is 16.4. The fourth-order valence-corrected chi connectivity index (χ4v) is 3.45. The van der Waals surface area contributed by atoms with Gasteiger partial charge in [0, 0.05) is 54.4 Å². The van der Waals surface area contributed by atoms with Crippen LogP contribution in [0.25, 0.3) is 22.0 Å². The molecule has 1 saturated heterocycles. The molecule has 1 N–H and O–H groups in total. The number of pyridine rings is 1. The van der Waals surface area contributed by atoms with Crippen molar-refractivity contribution in [3.05, 3.63) is 48.8 Å². The highest BCUT2D eigenvalue weighted by molar-refractivity contribution is 5.99. The number of amides is 1. The van der Waals surface area contributed by atoms with Crippen molar-refractivity contribution in [3.8, 4) is 11.3 Å². The van der Waals surface area contributed by atoms with Gasteiger partial charge in [0.15, 0.2) is 5.82 Å². The van der Waals surface area contributed by atoms with Crippen molar-refractivity contribution in [2.75, 3.05) is 24.5 Å². The molecule has 1 fully saturated rings. The molecular formula is C19H19N5O2. The van der Waals surface area contributed by atoms with Gasteiger partial charge in [-0.1, -0.05) is 30.3 Å². The first kappa shape index (κ1) is 16.3. The number of rotatable bonds is 2. The minimum Gasteiger partial charge on any atom is -0.465 e. The number of hydrogen-bond donors (Lipinski definition) is 1. The monoisotopic (exact) mass is 349 g/mol. The number of piperazine rings is 1. The molecule has 0 radical (unpaired) electrons. The van der Waals surface area contributed by atoms with Gasteiger partial charge < -0.3 is 14.9 Å². The lowest BCUT2D eigenvalue weighted by atomic mass is 10.1. The van der Waals surface area contributed by atoms with Gasteiger partial charge in [0.1, 0.15) is 5.69 Å². The van der Waals surface area contributed by atoms with Gasteiger partial charge in [0.25, 0.3) is 0 Å². The topological polar surface area (TPSA) is 82.5 Å². The number of nitrogens with zero attached hydrogens (tertiary/aromatic N) is 5. The molecule has 0 spiro atoms. The van der Waals surface area contributed by atoms with E-state index in [2.05, 4.69) is 20.1 Å². The predicted octanol–water partition coefficient (Wildman–Crippen LogP) is 2.88. The minimum atomic E-state index is -0.881. The number of carboxylic acid groups (broad SMARTS) is 1. The molecule has 1 aliphatic heterocycles. The Balaban J connectivity index is 1.77. The van der Waals surface area contributed by atoms with Crippen LogP contribution in [0.15, 0.2) is 48.8 Å². The van der Waals surface area contributed by atoms with E-state index in [0.29, 0.717) is 19.6 Å². The van der Waals surface area contributed by atoms with Gasteiger partial charge >= 0.3 is 6.09 Å². The molecule has 0 aliphatic carbocycles. The van der Waals surface area contributed by atoms with Gasteiger partial charge in [-0.05, 0) is 13.0 Å². The van der Waals surface area contributed by atoms with Crippen LogP contribution in [0.2, 0.25) is 0 Å². The number of hydrogen-bond acceptors (Lipinski definition) is 5. The van der Waals surface area contributed by atoms with Gasteiger partial charge in [-0.15, -0.1) is 10.2 Å². The number of carbonyl (C=O) groups is 1. The Morgan fingerprint density at radius 1 is 1.12 bits per heavy atom. The molecule has 0 bridgehead atoms. The highest BCUT2D eigenvalue weighted by Crippen LogP contribution is 2.32. The van der Waals surface area contributed by atoms with Crippen molar-refractivity contribution in [1.29, 1.82) is 0 Å². The number of fused-ring (bicyclic) bond motifs is 1. The van der Waals surface area contributed by atoms with Crippen LogP contribution in [0.4, 0.5) is 10.6 Å². The van der Waals surface area contributed by atoms with Crippen molar-refractivity contribution >= 4 is 22.7 Å². The molecular weight excluding hydrogens is 330 g/mol. The van der Waals surface area contributed by atoms with E-state index in [1.165, 1.54) is 4.90 Å². The highest BCUT2D eigenvalue weighted by Gasteiger charge is 2.29. The van der Waals surface area contributed by atoms with Crippen molar-refractivity contribution in [2.45, 2.75) is 13.0 Å². The van der Waals surface area contributed by atoms with Crippen LogP contribution in [-0.2, 0) is 0 Å². The largest absolute Gasteiger partial charge is 0.465 e. The first-order chi connectivity index (χ1) is 12.6. The second-order valence-electron chi connectivity index (χ2n) is 6.43. The lowest BCUT2D eigenvalue weighted by Crippen LogP contribution is -2.53. The second-order valence-corrected chi connectivity index (χ2v) is 6.43. The normalized spacial score (nSPS) is 17.5. The SMILES string of the molecule is CC1CN(C(=O)O)CCN1c1nnc(-c2ccccc2)c2ccncc12. The molecule has 132 valence electrons. The van der Waals surface area contributed by atoms with Gasteiger partial charge in [0.05, 0.1) is 0 Å². The van der Waals surface area contributed by atoms with E-state index in [1.807, 2.05) is 49.5 Å². The summed E-state index contributed by atoms with van der Waals surface area (Å²) in [5.41, 5.74) is 1.83. The van der Waals surface area contributed by atoms with Gasteiger partial charge in [0.2, 0.25) is 0 Å². The van der Waals surface area contributed by atoms with Gasteiger partial charge in [-0.25, -0.2) is 4.79 Å². The molecule has 1 atom stereocenters. The van der Waals surface area contributed by atoms with E-state index in [4.69, 9.17) is 0 Å². The maximum absolute atomic E-state index is 11.2. The van der Waals surface area contributed by atoms with Crippen LogP contribution in [-0.4, -0.2) is 57.0 Å². The molecule has 7 heteroatoms. The molecule has 1 aliphatic rings. The molecule has 1 aromatic carbocycles. The summed E-state index contributed by atoms with van der Waals surface area (Å²) in [7, 11) is 0. The van der Waals surface area contributed by atoms with Crippen LogP contribution < -0.4 is 4.90 Å². The molecule has 7 nitrogen and oxygen atoms in total. The maximum atomic E-state index is 11.2. The Labute approximate surface area is 150 Å². The van der Waals surface area contributed by atoms with Crippen LogP contribution >= 0.6 is 0 Å². The van der Waals surface area contributed by atoms with Crippen LogP contribution in [0.3, 0.4) is 0 Å². The second kappa shape index (κ2) is 6.59. The molecule has 3 aromatic rings. The smallest absolute Gasteiger partial charge is 0.407 e. The molecule has 2 aromatic heterocycles. The zero-order valence-electron chi connectivity index (χ0n) is 14.4. The van der Waals surface area contributed by atoms with E-state index in [1.54, 1.807) is 6.20 Å². The quantitative estimate of drug-likeness (QED) is 0.766. The van der Waals surface area contributed by atoms with E-state index in [-0.39, 0.29) is 6.04 Å². The summed E-state index contributed by atoms with van der Waals surface area (Å²) in [6.45, 7) is 3.48. The summed E-state index contributed by atoms with van der Waals surface area (Å²) in [6.07, 6.45) is 2.68. The molecule has 1 unspecified atom stereocenters. The fraction of sp³-hybridized carbons (Fsp3) is 0.263. The third-order valence-electron chi connectivity index (χ3n) is 4.78. The van der Waals surface area contributed by atoms with Crippen LogP contribution in [0.5, 0.6) is 0 Å². The molecule has 4 rings (SSSR count). The Bertz CT molecular complexity index is 947. The first-order valence-electron chi connectivity index (χ1n) is 8.55. The summed E-state index contributed by atoms with van der Waals surface area (Å²) < 4.78 is 0. The number of aromatic nitrogens is 3. The fourth-order valence-electron chi connectivity index (χ4n) is 3.45. The Morgan fingerprint density at radius 2 is 1.92 bits per heavy atom. The third kappa shape index (κ3) is 2.81.